The number of rotatable bonds is 19. The van der Waals surface area contributed by atoms with Crippen molar-refractivity contribution in [1.82, 2.24) is 0 Å². The summed E-state index contributed by atoms with van der Waals surface area (Å²) in [6.45, 7) is 2.30. The molecule has 0 saturated carbocycles. The first-order valence-electron chi connectivity index (χ1n) is 11.3. The molecule has 0 bridgehead atoms. The number of hydrogen-bond donors (Lipinski definition) is 0. The molecule has 0 amide bonds. The Hall–Kier alpha value is -1.06. The molecule has 0 fully saturated rings. The fraction of sp³-hybridized carbons (Fsp3) is 0.913. The van der Waals surface area contributed by atoms with E-state index in [4.69, 9.17) is 0 Å². The molecule has 0 aromatic rings. The van der Waals surface area contributed by atoms with Crippen molar-refractivity contribution < 1.29 is 19.1 Å². The van der Waals surface area contributed by atoms with Crippen LogP contribution in [0, 0.1) is 5.92 Å². The highest BCUT2D eigenvalue weighted by Gasteiger charge is 2.07. The maximum atomic E-state index is 11.1. The van der Waals surface area contributed by atoms with E-state index in [0.717, 1.165) is 31.6 Å². The van der Waals surface area contributed by atoms with Crippen LogP contribution in [-0.2, 0) is 19.1 Å². The Bertz CT molecular complexity index is 354. The summed E-state index contributed by atoms with van der Waals surface area (Å²) < 4.78 is 9.32. The molecule has 0 aliphatic carbocycles. The highest BCUT2D eigenvalue weighted by molar-refractivity contribution is 5.69. The van der Waals surface area contributed by atoms with Gasteiger partial charge in [0.2, 0.25) is 0 Å². The monoisotopic (exact) mass is 384 g/mol. The molecule has 4 heteroatoms. The van der Waals surface area contributed by atoms with Crippen LogP contribution in [0.25, 0.3) is 0 Å². The van der Waals surface area contributed by atoms with E-state index in [0.29, 0.717) is 12.8 Å². The van der Waals surface area contributed by atoms with Gasteiger partial charge < -0.3 is 9.47 Å². The highest BCUT2D eigenvalue weighted by atomic mass is 16.5. The molecule has 0 spiro atoms. The fourth-order valence-corrected chi connectivity index (χ4v) is 3.58. The molecular formula is C23H44O4. The second-order valence-corrected chi connectivity index (χ2v) is 7.75. The number of carbonyl (C=O) groups is 2. The van der Waals surface area contributed by atoms with E-state index in [1.807, 2.05) is 0 Å². The third kappa shape index (κ3) is 18.1. The molecule has 1 atom stereocenters. The van der Waals surface area contributed by atoms with Gasteiger partial charge in [-0.25, -0.2) is 0 Å². The Balaban J connectivity index is 3.36. The second kappa shape index (κ2) is 19.7. The van der Waals surface area contributed by atoms with Crippen LogP contribution >= 0.6 is 0 Å². The first-order chi connectivity index (χ1) is 13.1. The average molecular weight is 385 g/mol. The maximum Gasteiger partial charge on any atom is 0.305 e. The minimum atomic E-state index is -0.0819. The third-order valence-corrected chi connectivity index (χ3v) is 5.52. The summed E-state index contributed by atoms with van der Waals surface area (Å²) in [7, 11) is 2.92. The van der Waals surface area contributed by atoms with Gasteiger partial charge in [-0.2, -0.15) is 0 Å². The van der Waals surface area contributed by atoms with E-state index in [2.05, 4.69) is 16.4 Å². The lowest BCUT2D eigenvalue weighted by Crippen LogP contribution is -2.01. The van der Waals surface area contributed by atoms with Gasteiger partial charge in [0, 0.05) is 12.8 Å². The number of ether oxygens (including phenoxy) is 2. The van der Waals surface area contributed by atoms with E-state index in [-0.39, 0.29) is 11.9 Å². The number of methoxy groups -OCH3 is 2. The lowest BCUT2D eigenvalue weighted by molar-refractivity contribution is -0.141. The van der Waals surface area contributed by atoms with Crippen molar-refractivity contribution in [3.05, 3.63) is 0 Å². The van der Waals surface area contributed by atoms with Crippen LogP contribution in [0.5, 0.6) is 0 Å². The van der Waals surface area contributed by atoms with Crippen LogP contribution in [-0.4, -0.2) is 26.2 Å². The maximum absolute atomic E-state index is 11.1. The van der Waals surface area contributed by atoms with Gasteiger partial charge in [-0.15, -0.1) is 0 Å². The second-order valence-electron chi connectivity index (χ2n) is 7.75. The lowest BCUT2D eigenvalue weighted by Gasteiger charge is -2.14. The number of unbranched alkanes of at least 4 members (excludes halogenated alkanes) is 10. The Kier molecular flexibility index (Phi) is 18.9. The van der Waals surface area contributed by atoms with Crippen LogP contribution in [0.2, 0.25) is 0 Å². The van der Waals surface area contributed by atoms with Crippen molar-refractivity contribution >= 4 is 11.9 Å². The van der Waals surface area contributed by atoms with Crippen molar-refractivity contribution in [2.24, 2.45) is 5.92 Å². The quantitative estimate of drug-likeness (QED) is 0.186. The molecular weight excluding hydrogens is 340 g/mol. The molecule has 0 N–H and O–H groups in total. The molecule has 1 unspecified atom stereocenters. The minimum Gasteiger partial charge on any atom is -0.469 e. The van der Waals surface area contributed by atoms with Crippen molar-refractivity contribution in [3.63, 3.8) is 0 Å². The molecule has 0 radical (unpaired) electrons. The lowest BCUT2D eigenvalue weighted by atomic mass is 9.92. The van der Waals surface area contributed by atoms with Crippen molar-refractivity contribution in [3.8, 4) is 0 Å². The van der Waals surface area contributed by atoms with Gasteiger partial charge >= 0.3 is 11.9 Å². The molecule has 27 heavy (non-hydrogen) atoms. The number of carbonyl (C=O) groups excluding carboxylic acids is 2. The van der Waals surface area contributed by atoms with Crippen molar-refractivity contribution in [2.75, 3.05) is 14.2 Å². The largest absolute Gasteiger partial charge is 0.469 e. The summed E-state index contributed by atoms with van der Waals surface area (Å²) in [4.78, 5) is 22.1. The number of hydrogen-bond acceptors (Lipinski definition) is 4. The van der Waals surface area contributed by atoms with Gasteiger partial charge in [0.1, 0.15) is 0 Å². The Morgan fingerprint density at radius 2 is 0.926 bits per heavy atom. The predicted octanol–water partition coefficient (Wildman–Crippen LogP) is 6.60. The smallest absolute Gasteiger partial charge is 0.305 e. The van der Waals surface area contributed by atoms with Crippen molar-refractivity contribution in [2.45, 2.75) is 116 Å². The molecule has 4 nitrogen and oxygen atoms in total. The summed E-state index contributed by atoms with van der Waals surface area (Å²) in [5.74, 6) is 0.697. The van der Waals surface area contributed by atoms with E-state index < -0.39 is 0 Å². The first-order valence-corrected chi connectivity index (χ1v) is 11.3. The third-order valence-electron chi connectivity index (χ3n) is 5.52. The van der Waals surface area contributed by atoms with E-state index >= 15 is 0 Å². The van der Waals surface area contributed by atoms with Gasteiger partial charge in [-0.05, 0) is 18.8 Å². The molecule has 0 aliphatic heterocycles. The molecule has 0 aromatic heterocycles. The Morgan fingerprint density at radius 1 is 0.593 bits per heavy atom. The van der Waals surface area contributed by atoms with Gasteiger partial charge in [0.15, 0.2) is 0 Å². The summed E-state index contributed by atoms with van der Waals surface area (Å²) in [6, 6.07) is 0. The molecule has 160 valence electrons. The van der Waals surface area contributed by atoms with E-state index in [1.165, 1.54) is 84.8 Å². The van der Waals surface area contributed by atoms with Crippen LogP contribution in [0.15, 0.2) is 0 Å². The van der Waals surface area contributed by atoms with E-state index in [9.17, 15) is 9.59 Å². The molecule has 0 rings (SSSR count). The first kappa shape index (κ1) is 25.9. The summed E-state index contributed by atoms with van der Waals surface area (Å²) in [6.07, 6.45) is 19.8. The van der Waals surface area contributed by atoms with Crippen LogP contribution in [0.4, 0.5) is 0 Å². The van der Waals surface area contributed by atoms with Crippen LogP contribution in [0.1, 0.15) is 116 Å². The topological polar surface area (TPSA) is 52.6 Å². The van der Waals surface area contributed by atoms with Gasteiger partial charge in [0.05, 0.1) is 14.2 Å². The standard InChI is InChI=1S/C23H44O4/c1-4-21(18-14-12-16-20-23(25)27-3)17-13-10-8-6-5-7-9-11-15-19-22(24)26-2/h21H,4-20H2,1-3H3. The molecule has 0 aromatic carbocycles. The van der Waals surface area contributed by atoms with Gasteiger partial charge in [0.25, 0.3) is 0 Å². The highest BCUT2D eigenvalue weighted by Crippen LogP contribution is 2.21. The fourth-order valence-electron chi connectivity index (χ4n) is 3.58. The van der Waals surface area contributed by atoms with E-state index in [1.54, 1.807) is 0 Å². The summed E-state index contributed by atoms with van der Waals surface area (Å²) in [5.41, 5.74) is 0. The normalized spacial score (nSPS) is 12.0. The summed E-state index contributed by atoms with van der Waals surface area (Å²) >= 11 is 0. The Labute approximate surface area is 167 Å². The average Bonchev–Trinajstić information content (AvgIpc) is 2.69. The van der Waals surface area contributed by atoms with Gasteiger partial charge in [-0.1, -0.05) is 90.4 Å². The number of esters is 2. The molecule has 0 aliphatic rings. The molecule has 0 heterocycles. The van der Waals surface area contributed by atoms with Crippen molar-refractivity contribution in [1.29, 1.82) is 0 Å². The predicted molar refractivity (Wildman–Crippen MR) is 112 cm³/mol. The summed E-state index contributed by atoms with van der Waals surface area (Å²) in [5, 5.41) is 0. The van der Waals surface area contributed by atoms with Crippen LogP contribution < -0.4 is 0 Å². The Morgan fingerprint density at radius 3 is 1.30 bits per heavy atom. The van der Waals surface area contributed by atoms with Gasteiger partial charge in [-0.3, -0.25) is 9.59 Å². The zero-order valence-electron chi connectivity index (χ0n) is 18.2. The SMILES string of the molecule is CCC(CCCCCCCCCCCC(=O)OC)CCCCCC(=O)OC. The minimum absolute atomic E-state index is 0.0803. The molecule has 0 saturated heterocycles. The zero-order valence-corrected chi connectivity index (χ0v) is 18.2. The van der Waals surface area contributed by atoms with Crippen LogP contribution in [0.3, 0.4) is 0 Å². The zero-order chi connectivity index (χ0) is 20.2.